The lowest BCUT2D eigenvalue weighted by atomic mass is 10.1. The summed E-state index contributed by atoms with van der Waals surface area (Å²) in [6.07, 6.45) is 1.02. The standard InChI is InChI=1S/C12H16N2O4/c13-11-2-1-9(5-12(11)14(15)16)6-18-8-10-3-4-17-7-10/h1-2,5,10H,3-4,6-8,13H2. The number of hydrogen-bond donors (Lipinski definition) is 1. The number of hydrogen-bond acceptors (Lipinski definition) is 5. The zero-order valence-corrected chi connectivity index (χ0v) is 10.0. The molecule has 2 N–H and O–H groups in total. The highest BCUT2D eigenvalue weighted by Gasteiger charge is 2.16. The maximum absolute atomic E-state index is 10.7. The SMILES string of the molecule is Nc1ccc(COCC2CCOC2)cc1[N+](=O)[O-]. The Morgan fingerprint density at radius 3 is 3.06 bits per heavy atom. The fourth-order valence-electron chi connectivity index (χ4n) is 1.90. The van der Waals surface area contributed by atoms with Crippen LogP contribution in [-0.4, -0.2) is 24.7 Å². The topological polar surface area (TPSA) is 87.6 Å². The molecule has 0 radical (unpaired) electrons. The van der Waals surface area contributed by atoms with E-state index in [9.17, 15) is 10.1 Å². The van der Waals surface area contributed by atoms with Crippen LogP contribution in [0.3, 0.4) is 0 Å². The van der Waals surface area contributed by atoms with Crippen molar-refractivity contribution in [2.24, 2.45) is 5.92 Å². The van der Waals surface area contributed by atoms with Crippen molar-refractivity contribution in [3.8, 4) is 0 Å². The molecule has 1 aromatic carbocycles. The Hall–Kier alpha value is -1.66. The molecule has 0 aromatic heterocycles. The van der Waals surface area contributed by atoms with Crippen LogP contribution in [0.4, 0.5) is 11.4 Å². The van der Waals surface area contributed by atoms with Gasteiger partial charge in [-0.1, -0.05) is 6.07 Å². The van der Waals surface area contributed by atoms with E-state index < -0.39 is 4.92 Å². The fourth-order valence-corrected chi connectivity index (χ4v) is 1.90. The lowest BCUT2D eigenvalue weighted by Gasteiger charge is -2.09. The molecule has 1 aliphatic rings. The minimum atomic E-state index is -0.482. The summed E-state index contributed by atoms with van der Waals surface area (Å²) in [6, 6.07) is 4.74. The van der Waals surface area contributed by atoms with Crippen LogP contribution >= 0.6 is 0 Å². The van der Waals surface area contributed by atoms with E-state index in [0.717, 1.165) is 25.2 Å². The minimum absolute atomic E-state index is 0.0692. The first-order valence-electron chi connectivity index (χ1n) is 5.85. The Balaban J connectivity index is 1.88. The Kier molecular flexibility index (Phi) is 4.11. The molecule has 1 saturated heterocycles. The molecule has 0 bridgehead atoms. The summed E-state index contributed by atoms with van der Waals surface area (Å²) in [5.41, 5.74) is 6.38. The van der Waals surface area contributed by atoms with Crippen LogP contribution in [0.2, 0.25) is 0 Å². The van der Waals surface area contributed by atoms with Gasteiger partial charge >= 0.3 is 0 Å². The normalized spacial score (nSPS) is 19.0. The predicted octanol–water partition coefficient (Wildman–Crippen LogP) is 1.73. The molecule has 1 aliphatic heterocycles. The Labute approximate surface area is 105 Å². The summed E-state index contributed by atoms with van der Waals surface area (Å²) in [5, 5.41) is 10.7. The van der Waals surface area contributed by atoms with Crippen molar-refractivity contribution < 1.29 is 14.4 Å². The molecule has 6 nitrogen and oxygen atoms in total. The van der Waals surface area contributed by atoms with Crippen molar-refractivity contribution in [1.82, 2.24) is 0 Å². The molecule has 6 heteroatoms. The Morgan fingerprint density at radius 1 is 1.56 bits per heavy atom. The number of nitrogen functional groups attached to an aromatic ring is 1. The molecule has 2 rings (SSSR count). The third-order valence-corrected chi connectivity index (χ3v) is 2.94. The van der Waals surface area contributed by atoms with Crippen LogP contribution in [0.1, 0.15) is 12.0 Å². The van der Waals surface area contributed by atoms with Gasteiger partial charge in [0, 0.05) is 18.6 Å². The smallest absolute Gasteiger partial charge is 0.292 e. The maximum atomic E-state index is 10.7. The Bertz CT molecular complexity index is 430. The second-order valence-electron chi connectivity index (χ2n) is 4.40. The lowest BCUT2D eigenvalue weighted by molar-refractivity contribution is -0.384. The fraction of sp³-hybridized carbons (Fsp3) is 0.500. The molecule has 0 saturated carbocycles. The van der Waals surface area contributed by atoms with Gasteiger partial charge in [-0.05, 0) is 18.1 Å². The molecular formula is C12H16N2O4. The summed E-state index contributed by atoms with van der Waals surface area (Å²) >= 11 is 0. The van der Waals surface area contributed by atoms with Crippen molar-refractivity contribution in [1.29, 1.82) is 0 Å². The van der Waals surface area contributed by atoms with E-state index in [0.29, 0.717) is 19.1 Å². The lowest BCUT2D eigenvalue weighted by Crippen LogP contribution is -2.09. The number of nitro benzene ring substituents is 1. The molecule has 1 atom stereocenters. The van der Waals surface area contributed by atoms with Crippen molar-refractivity contribution in [3.05, 3.63) is 33.9 Å². The van der Waals surface area contributed by atoms with Crippen LogP contribution in [-0.2, 0) is 16.1 Å². The predicted molar refractivity (Wildman–Crippen MR) is 66.1 cm³/mol. The number of rotatable bonds is 5. The molecule has 1 aromatic rings. The summed E-state index contributed by atoms with van der Waals surface area (Å²) in [4.78, 5) is 10.2. The molecule has 1 heterocycles. The van der Waals surface area contributed by atoms with E-state index in [2.05, 4.69) is 0 Å². The number of ether oxygens (including phenoxy) is 2. The summed E-state index contributed by atoms with van der Waals surface area (Å²) < 4.78 is 10.8. The zero-order chi connectivity index (χ0) is 13.0. The molecule has 98 valence electrons. The first-order valence-corrected chi connectivity index (χ1v) is 5.85. The molecule has 18 heavy (non-hydrogen) atoms. The molecule has 0 amide bonds. The van der Waals surface area contributed by atoms with Crippen LogP contribution < -0.4 is 5.73 Å². The van der Waals surface area contributed by atoms with Crippen LogP contribution in [0, 0.1) is 16.0 Å². The van der Waals surface area contributed by atoms with Gasteiger partial charge in [-0.3, -0.25) is 10.1 Å². The molecule has 0 aliphatic carbocycles. The highest BCUT2D eigenvalue weighted by atomic mass is 16.6. The molecule has 0 spiro atoms. The van der Waals surface area contributed by atoms with Crippen molar-refractivity contribution in [3.63, 3.8) is 0 Å². The van der Waals surface area contributed by atoms with Gasteiger partial charge < -0.3 is 15.2 Å². The van der Waals surface area contributed by atoms with Gasteiger partial charge in [0.1, 0.15) is 5.69 Å². The molecular weight excluding hydrogens is 236 g/mol. The highest BCUT2D eigenvalue weighted by molar-refractivity contribution is 5.59. The Morgan fingerprint density at radius 2 is 2.39 bits per heavy atom. The van der Waals surface area contributed by atoms with E-state index >= 15 is 0 Å². The van der Waals surface area contributed by atoms with Gasteiger partial charge in [-0.15, -0.1) is 0 Å². The number of anilines is 1. The van der Waals surface area contributed by atoms with Gasteiger partial charge in [0.25, 0.3) is 5.69 Å². The van der Waals surface area contributed by atoms with E-state index in [1.54, 1.807) is 6.07 Å². The van der Waals surface area contributed by atoms with Gasteiger partial charge in [0.05, 0.1) is 24.7 Å². The second kappa shape index (κ2) is 5.79. The second-order valence-corrected chi connectivity index (χ2v) is 4.40. The largest absolute Gasteiger partial charge is 0.393 e. The first kappa shape index (κ1) is 12.8. The van der Waals surface area contributed by atoms with E-state index in [-0.39, 0.29) is 11.4 Å². The maximum Gasteiger partial charge on any atom is 0.292 e. The highest BCUT2D eigenvalue weighted by Crippen LogP contribution is 2.23. The number of nitrogens with zero attached hydrogens (tertiary/aromatic N) is 1. The number of nitro groups is 1. The average molecular weight is 252 g/mol. The third kappa shape index (κ3) is 3.18. The van der Waals surface area contributed by atoms with Crippen molar-refractivity contribution in [2.75, 3.05) is 25.6 Å². The van der Waals surface area contributed by atoms with E-state index in [4.69, 9.17) is 15.2 Å². The third-order valence-electron chi connectivity index (χ3n) is 2.94. The van der Waals surface area contributed by atoms with E-state index in [1.807, 2.05) is 0 Å². The van der Waals surface area contributed by atoms with Gasteiger partial charge in [0.15, 0.2) is 0 Å². The quantitative estimate of drug-likeness (QED) is 0.490. The summed E-state index contributed by atoms with van der Waals surface area (Å²) in [6.45, 7) is 2.51. The summed E-state index contributed by atoms with van der Waals surface area (Å²) in [7, 11) is 0. The van der Waals surface area contributed by atoms with E-state index in [1.165, 1.54) is 12.1 Å². The van der Waals surface area contributed by atoms with Gasteiger partial charge in [-0.2, -0.15) is 0 Å². The monoisotopic (exact) mass is 252 g/mol. The zero-order valence-electron chi connectivity index (χ0n) is 10.0. The molecule has 1 fully saturated rings. The van der Waals surface area contributed by atoms with Crippen LogP contribution in [0.15, 0.2) is 18.2 Å². The van der Waals surface area contributed by atoms with Crippen molar-refractivity contribution >= 4 is 11.4 Å². The minimum Gasteiger partial charge on any atom is -0.393 e. The van der Waals surface area contributed by atoms with Crippen LogP contribution in [0.5, 0.6) is 0 Å². The molecule has 1 unspecified atom stereocenters. The van der Waals surface area contributed by atoms with Crippen molar-refractivity contribution in [2.45, 2.75) is 13.0 Å². The number of nitrogens with two attached hydrogens (primary N) is 1. The average Bonchev–Trinajstić information content (AvgIpc) is 2.84. The van der Waals surface area contributed by atoms with Gasteiger partial charge in [-0.25, -0.2) is 0 Å². The number of benzene rings is 1. The van der Waals surface area contributed by atoms with Crippen LogP contribution in [0.25, 0.3) is 0 Å². The first-order chi connectivity index (χ1) is 8.66. The summed E-state index contributed by atoms with van der Waals surface area (Å²) in [5.74, 6) is 0.439. The van der Waals surface area contributed by atoms with Gasteiger partial charge in [0.2, 0.25) is 0 Å².